The van der Waals surface area contributed by atoms with Gasteiger partial charge in [-0.2, -0.15) is 0 Å². The van der Waals surface area contributed by atoms with Crippen molar-refractivity contribution in [1.82, 2.24) is 10.2 Å². The predicted octanol–water partition coefficient (Wildman–Crippen LogP) is 0.331. The van der Waals surface area contributed by atoms with Crippen LogP contribution in [0.5, 0.6) is 0 Å². The molecule has 7 nitrogen and oxygen atoms in total. The molecule has 0 saturated carbocycles. The van der Waals surface area contributed by atoms with Crippen molar-refractivity contribution in [3.05, 3.63) is 24.2 Å². The number of carbonyl (C=O) groups excluding carboxylic acids is 2. The zero-order chi connectivity index (χ0) is 14.4. The lowest BCUT2D eigenvalue weighted by Gasteiger charge is -2.22. The van der Waals surface area contributed by atoms with Crippen molar-refractivity contribution in [2.75, 3.05) is 13.1 Å². The maximum Gasteiger partial charge on any atom is 0.323 e. The maximum absolute atomic E-state index is 11.9. The second-order valence-corrected chi connectivity index (χ2v) is 3.92. The van der Waals surface area contributed by atoms with Gasteiger partial charge in [-0.15, -0.1) is 0 Å². The molecule has 1 heterocycles. The highest BCUT2D eigenvalue weighted by Gasteiger charge is 2.23. The minimum atomic E-state index is -1.10. The zero-order valence-corrected chi connectivity index (χ0v) is 10.8. The van der Waals surface area contributed by atoms with Gasteiger partial charge >= 0.3 is 5.97 Å². The van der Waals surface area contributed by atoms with E-state index in [9.17, 15) is 14.4 Å². The summed E-state index contributed by atoms with van der Waals surface area (Å²) in [5.74, 6) is -1.97. The van der Waals surface area contributed by atoms with E-state index in [4.69, 9.17) is 9.52 Å². The molecule has 0 radical (unpaired) electrons. The van der Waals surface area contributed by atoms with Crippen LogP contribution in [0, 0.1) is 0 Å². The Balaban J connectivity index is 2.61. The molecular formula is C12H16N2O5. The van der Waals surface area contributed by atoms with Crippen LogP contribution in [0.15, 0.2) is 22.8 Å². The fourth-order valence-corrected chi connectivity index (χ4v) is 1.52. The number of nitrogens with zero attached hydrogens (tertiary/aromatic N) is 1. The smallest absolute Gasteiger partial charge is 0.323 e. The predicted molar refractivity (Wildman–Crippen MR) is 65.5 cm³/mol. The monoisotopic (exact) mass is 268 g/mol. The first-order valence-electron chi connectivity index (χ1n) is 5.80. The molecule has 0 aliphatic heterocycles. The van der Waals surface area contributed by atoms with Crippen molar-refractivity contribution in [3.63, 3.8) is 0 Å². The number of likely N-dealkylation sites (N-methyl/N-ethyl adjacent to an activating group) is 1. The molecule has 0 fully saturated rings. The van der Waals surface area contributed by atoms with Crippen LogP contribution >= 0.6 is 0 Å². The number of rotatable bonds is 6. The standard InChI is InChI=1S/C12H16N2O5/c1-3-14(7-10(15)16)12(18)8(2)13-11(17)9-5-4-6-19-9/h4-6,8H,3,7H2,1-2H3,(H,13,17)(H,15,16). The molecule has 19 heavy (non-hydrogen) atoms. The molecule has 7 heteroatoms. The van der Waals surface area contributed by atoms with E-state index in [0.717, 1.165) is 4.90 Å². The molecule has 1 aromatic rings. The Kier molecular flexibility index (Phi) is 5.11. The molecule has 1 rings (SSSR count). The van der Waals surface area contributed by atoms with Gasteiger partial charge in [0.05, 0.1) is 6.26 Å². The molecule has 1 atom stereocenters. The number of nitrogens with one attached hydrogen (secondary N) is 1. The summed E-state index contributed by atoms with van der Waals surface area (Å²) in [6.45, 7) is 3.03. The molecule has 2 amide bonds. The molecule has 0 aromatic carbocycles. The highest BCUT2D eigenvalue weighted by molar-refractivity contribution is 5.95. The van der Waals surface area contributed by atoms with E-state index in [0.29, 0.717) is 0 Å². The van der Waals surface area contributed by atoms with Crippen molar-refractivity contribution < 1.29 is 23.9 Å². The quantitative estimate of drug-likeness (QED) is 0.774. The first-order valence-corrected chi connectivity index (χ1v) is 5.80. The number of hydrogen-bond acceptors (Lipinski definition) is 4. The van der Waals surface area contributed by atoms with Crippen LogP contribution in [0.1, 0.15) is 24.4 Å². The summed E-state index contributed by atoms with van der Waals surface area (Å²) in [5.41, 5.74) is 0. The van der Waals surface area contributed by atoms with E-state index >= 15 is 0 Å². The van der Waals surface area contributed by atoms with Gasteiger partial charge in [0.15, 0.2) is 5.76 Å². The number of carboxylic acids is 1. The number of aliphatic carboxylic acids is 1. The molecule has 0 aliphatic carbocycles. The average molecular weight is 268 g/mol. The summed E-state index contributed by atoms with van der Waals surface area (Å²) in [6, 6.07) is 2.21. The van der Waals surface area contributed by atoms with E-state index in [1.54, 1.807) is 13.0 Å². The molecule has 0 bridgehead atoms. The molecule has 0 spiro atoms. The lowest BCUT2D eigenvalue weighted by atomic mass is 10.2. The number of carbonyl (C=O) groups is 3. The van der Waals surface area contributed by atoms with Crippen LogP contribution in [0.25, 0.3) is 0 Å². The van der Waals surface area contributed by atoms with Crippen LogP contribution in [-0.2, 0) is 9.59 Å². The third-order valence-corrected chi connectivity index (χ3v) is 2.48. The summed E-state index contributed by atoms with van der Waals surface area (Å²) in [5, 5.41) is 11.1. The third kappa shape index (κ3) is 4.13. The Labute approximate surface area is 110 Å². The van der Waals surface area contributed by atoms with Crippen LogP contribution in [-0.4, -0.2) is 46.9 Å². The van der Waals surface area contributed by atoms with Gasteiger partial charge in [-0.25, -0.2) is 0 Å². The Morgan fingerprint density at radius 2 is 2.16 bits per heavy atom. The normalized spacial score (nSPS) is 11.7. The van der Waals surface area contributed by atoms with Gasteiger partial charge in [-0.05, 0) is 26.0 Å². The van der Waals surface area contributed by atoms with Crippen molar-refractivity contribution >= 4 is 17.8 Å². The second kappa shape index (κ2) is 6.58. The van der Waals surface area contributed by atoms with E-state index in [1.165, 1.54) is 19.3 Å². The van der Waals surface area contributed by atoms with Crippen molar-refractivity contribution in [2.45, 2.75) is 19.9 Å². The molecule has 1 aromatic heterocycles. The Morgan fingerprint density at radius 3 is 2.63 bits per heavy atom. The molecule has 0 saturated heterocycles. The van der Waals surface area contributed by atoms with Crippen LogP contribution in [0.3, 0.4) is 0 Å². The van der Waals surface area contributed by atoms with Crippen molar-refractivity contribution in [2.24, 2.45) is 0 Å². The molecule has 2 N–H and O–H groups in total. The molecule has 0 aliphatic rings. The van der Waals surface area contributed by atoms with E-state index in [1.807, 2.05) is 0 Å². The van der Waals surface area contributed by atoms with Gasteiger partial charge in [0.25, 0.3) is 5.91 Å². The lowest BCUT2D eigenvalue weighted by Crippen LogP contribution is -2.48. The van der Waals surface area contributed by atoms with Gasteiger partial charge in [0.2, 0.25) is 5.91 Å². The molecular weight excluding hydrogens is 252 g/mol. The third-order valence-electron chi connectivity index (χ3n) is 2.48. The fourth-order valence-electron chi connectivity index (χ4n) is 1.52. The number of carboxylic acid groups (broad SMARTS) is 1. The summed E-state index contributed by atoms with van der Waals surface area (Å²) >= 11 is 0. The highest BCUT2D eigenvalue weighted by Crippen LogP contribution is 2.01. The van der Waals surface area contributed by atoms with Gasteiger partial charge in [-0.3, -0.25) is 14.4 Å². The highest BCUT2D eigenvalue weighted by atomic mass is 16.4. The first-order chi connectivity index (χ1) is 8.95. The van der Waals surface area contributed by atoms with Gasteiger partial charge in [0, 0.05) is 6.54 Å². The minimum absolute atomic E-state index is 0.0981. The van der Waals surface area contributed by atoms with Crippen molar-refractivity contribution in [1.29, 1.82) is 0 Å². The Hall–Kier alpha value is -2.31. The molecule has 104 valence electrons. The zero-order valence-electron chi connectivity index (χ0n) is 10.8. The van der Waals surface area contributed by atoms with Crippen molar-refractivity contribution in [3.8, 4) is 0 Å². The van der Waals surface area contributed by atoms with Gasteiger partial charge in [-0.1, -0.05) is 0 Å². The van der Waals surface area contributed by atoms with E-state index in [-0.39, 0.29) is 12.3 Å². The minimum Gasteiger partial charge on any atom is -0.480 e. The number of hydrogen-bond donors (Lipinski definition) is 2. The fraction of sp³-hybridized carbons (Fsp3) is 0.417. The van der Waals surface area contributed by atoms with Crippen LogP contribution < -0.4 is 5.32 Å². The lowest BCUT2D eigenvalue weighted by molar-refractivity contribution is -0.144. The maximum atomic E-state index is 11.9. The molecule has 1 unspecified atom stereocenters. The van der Waals surface area contributed by atoms with E-state index < -0.39 is 30.4 Å². The summed E-state index contributed by atoms with van der Waals surface area (Å²) in [7, 11) is 0. The van der Waals surface area contributed by atoms with Gasteiger partial charge in [0.1, 0.15) is 12.6 Å². The topological polar surface area (TPSA) is 99.9 Å². The summed E-state index contributed by atoms with van der Waals surface area (Å²) in [4.78, 5) is 35.4. The second-order valence-electron chi connectivity index (χ2n) is 3.92. The average Bonchev–Trinajstić information content (AvgIpc) is 2.88. The van der Waals surface area contributed by atoms with Crippen LogP contribution in [0.4, 0.5) is 0 Å². The largest absolute Gasteiger partial charge is 0.480 e. The summed E-state index contributed by atoms with van der Waals surface area (Å²) < 4.78 is 4.90. The number of furan rings is 1. The Bertz CT molecular complexity index is 455. The van der Waals surface area contributed by atoms with E-state index in [2.05, 4.69) is 5.32 Å². The Morgan fingerprint density at radius 1 is 1.47 bits per heavy atom. The summed E-state index contributed by atoms with van der Waals surface area (Å²) in [6.07, 6.45) is 1.35. The SMILES string of the molecule is CCN(CC(=O)O)C(=O)C(C)NC(=O)c1ccco1. The van der Waals surface area contributed by atoms with Gasteiger partial charge < -0.3 is 19.7 Å². The van der Waals surface area contributed by atoms with Crippen LogP contribution in [0.2, 0.25) is 0 Å². The first kappa shape index (κ1) is 14.7. The number of amides is 2.